The summed E-state index contributed by atoms with van der Waals surface area (Å²) in [5.74, 6) is 2.02. The summed E-state index contributed by atoms with van der Waals surface area (Å²) in [5, 5.41) is 5.44. The molecule has 1 saturated carbocycles. The molecule has 2 saturated heterocycles. The number of nitrogens with one attached hydrogen (secondary N) is 4. The summed E-state index contributed by atoms with van der Waals surface area (Å²) in [5.41, 5.74) is 4.98. The molecule has 3 fully saturated rings. The van der Waals surface area contributed by atoms with Crippen LogP contribution in [0.4, 0.5) is 9.59 Å². The molecule has 2 aromatic carbocycles. The maximum absolute atomic E-state index is 13.9. The Morgan fingerprint density at radius 2 is 1.32 bits per heavy atom. The van der Waals surface area contributed by atoms with Crippen LogP contribution in [0.2, 0.25) is 0 Å². The standard InChI is InChI=1S/C43H54N8O6/c1-26(2)36(48-42(54)56-3)40(52)51-23-9-13-35(51)39-45-24-32(46-39)29-18-14-27(15-19-29)28-16-20-31(21-17-28)38-44-25-33(47-38)34-12-8-22-50(34)41(53)37(49-43(55)57-4)30-10-6-5-7-11-30/h5-7,10-11,16-17,20-21,24-27,29,34-37H,8-9,12-15,18-19,22-23H2,1-4H3,(H,44,47)(H,45,46)(H,48,54)(H,49,55)/t27?,29?,34-,35-,36+,37-/m1/s1. The van der Waals surface area contributed by atoms with E-state index < -0.39 is 24.3 Å². The summed E-state index contributed by atoms with van der Waals surface area (Å²) in [6.45, 7) is 5.05. The number of alkyl carbamates (subject to hydrolysis) is 2. The number of hydrogen-bond acceptors (Lipinski definition) is 8. The summed E-state index contributed by atoms with van der Waals surface area (Å²) < 4.78 is 9.61. The van der Waals surface area contributed by atoms with Crippen LogP contribution in [0.1, 0.15) is 124 Å². The third kappa shape index (κ3) is 8.69. The van der Waals surface area contributed by atoms with Gasteiger partial charge in [-0.15, -0.1) is 0 Å². The molecule has 2 aromatic heterocycles. The van der Waals surface area contributed by atoms with Crippen LogP contribution in [-0.4, -0.2) is 87.1 Å². The van der Waals surface area contributed by atoms with E-state index in [1.807, 2.05) is 66.4 Å². The highest BCUT2D eigenvalue weighted by atomic mass is 16.5. The number of nitrogens with zero attached hydrogens (tertiary/aromatic N) is 4. The topological polar surface area (TPSA) is 175 Å². The van der Waals surface area contributed by atoms with Gasteiger partial charge in [-0.2, -0.15) is 0 Å². The van der Waals surface area contributed by atoms with Crippen LogP contribution in [0.5, 0.6) is 0 Å². The fourth-order valence-electron chi connectivity index (χ4n) is 8.85. The minimum atomic E-state index is -0.858. The molecule has 0 spiro atoms. The third-order valence-electron chi connectivity index (χ3n) is 12.0. The number of carbonyl (C=O) groups is 4. The highest BCUT2D eigenvalue weighted by molar-refractivity contribution is 5.88. The molecular formula is C43H54N8O6. The quantitative estimate of drug-likeness (QED) is 0.125. The molecule has 4 N–H and O–H groups in total. The van der Waals surface area contributed by atoms with Gasteiger partial charge in [0.15, 0.2) is 0 Å². The number of benzene rings is 2. The van der Waals surface area contributed by atoms with E-state index in [1.54, 1.807) is 0 Å². The Morgan fingerprint density at radius 1 is 0.702 bits per heavy atom. The molecular weight excluding hydrogens is 725 g/mol. The molecule has 0 bridgehead atoms. The van der Waals surface area contributed by atoms with Crippen molar-refractivity contribution in [1.82, 2.24) is 40.4 Å². The Kier molecular flexibility index (Phi) is 12.2. The van der Waals surface area contributed by atoms with E-state index in [2.05, 4.69) is 44.9 Å². The van der Waals surface area contributed by atoms with Crippen molar-refractivity contribution in [1.29, 1.82) is 0 Å². The zero-order valence-electron chi connectivity index (χ0n) is 33.2. The fraction of sp³-hybridized carbons (Fsp3) is 0.488. The highest BCUT2D eigenvalue weighted by Crippen LogP contribution is 2.42. The number of aromatic amines is 2. The van der Waals surface area contributed by atoms with Crippen LogP contribution in [-0.2, 0) is 19.1 Å². The number of methoxy groups -OCH3 is 2. The largest absolute Gasteiger partial charge is 0.453 e. The number of hydrogen-bond donors (Lipinski definition) is 4. The number of rotatable bonds is 11. The van der Waals surface area contributed by atoms with Gasteiger partial charge in [0.25, 0.3) is 0 Å². The van der Waals surface area contributed by atoms with Crippen molar-refractivity contribution in [3.63, 3.8) is 0 Å². The normalized spacial score (nSPS) is 21.9. The van der Waals surface area contributed by atoms with Crippen LogP contribution < -0.4 is 10.6 Å². The second-order valence-electron chi connectivity index (χ2n) is 15.8. The van der Waals surface area contributed by atoms with Gasteiger partial charge in [0.1, 0.15) is 23.7 Å². The summed E-state index contributed by atoms with van der Waals surface area (Å²) in [6, 6.07) is 16.0. The molecule has 14 heteroatoms. The number of likely N-dealkylation sites (tertiary alicyclic amines) is 2. The summed E-state index contributed by atoms with van der Waals surface area (Å²) in [7, 11) is 2.59. The number of amides is 4. The van der Waals surface area contributed by atoms with Gasteiger partial charge in [0.2, 0.25) is 11.8 Å². The van der Waals surface area contributed by atoms with Crippen LogP contribution in [0.15, 0.2) is 67.0 Å². The van der Waals surface area contributed by atoms with Gasteiger partial charge in [-0.05, 0) is 74.3 Å². The Bertz CT molecular complexity index is 2000. The van der Waals surface area contributed by atoms with Crippen molar-refractivity contribution in [3.8, 4) is 11.4 Å². The number of ether oxygens (including phenoxy) is 2. The molecule has 7 rings (SSSR count). The molecule has 0 unspecified atom stereocenters. The molecule has 302 valence electrons. The van der Waals surface area contributed by atoms with Crippen LogP contribution in [0.25, 0.3) is 11.4 Å². The van der Waals surface area contributed by atoms with Crippen molar-refractivity contribution in [3.05, 3.63) is 95.3 Å². The van der Waals surface area contributed by atoms with Crippen LogP contribution in [0.3, 0.4) is 0 Å². The minimum absolute atomic E-state index is 0.0832. The maximum atomic E-state index is 13.9. The minimum Gasteiger partial charge on any atom is -0.453 e. The molecule has 1 aliphatic carbocycles. The molecule has 0 radical (unpaired) electrons. The van der Waals surface area contributed by atoms with Crippen molar-refractivity contribution >= 4 is 24.0 Å². The zero-order valence-corrected chi connectivity index (χ0v) is 33.2. The van der Waals surface area contributed by atoms with Crippen LogP contribution in [0, 0.1) is 5.92 Å². The molecule has 3 aliphatic rings. The molecule has 57 heavy (non-hydrogen) atoms. The van der Waals surface area contributed by atoms with Gasteiger partial charge in [-0.1, -0.05) is 68.4 Å². The van der Waals surface area contributed by atoms with Crippen LogP contribution >= 0.6 is 0 Å². The number of carbonyl (C=O) groups excluding carboxylic acids is 4. The summed E-state index contributed by atoms with van der Waals surface area (Å²) in [4.78, 5) is 71.9. The van der Waals surface area contributed by atoms with E-state index in [4.69, 9.17) is 19.4 Å². The lowest BCUT2D eigenvalue weighted by molar-refractivity contribution is -0.135. The first-order valence-corrected chi connectivity index (χ1v) is 20.2. The highest BCUT2D eigenvalue weighted by Gasteiger charge is 2.39. The third-order valence-corrected chi connectivity index (χ3v) is 12.0. The smallest absolute Gasteiger partial charge is 0.407 e. The first-order valence-electron chi connectivity index (χ1n) is 20.2. The molecule has 2 aliphatic heterocycles. The lowest BCUT2D eigenvalue weighted by Gasteiger charge is -2.30. The van der Waals surface area contributed by atoms with Crippen molar-refractivity contribution in [2.24, 2.45) is 5.92 Å². The van der Waals surface area contributed by atoms with Gasteiger partial charge in [0, 0.05) is 36.5 Å². The average molecular weight is 779 g/mol. The zero-order chi connectivity index (χ0) is 40.1. The summed E-state index contributed by atoms with van der Waals surface area (Å²) in [6.07, 6.45) is 10.1. The molecule has 4 heterocycles. The lowest BCUT2D eigenvalue weighted by Crippen LogP contribution is -2.51. The number of H-pyrrole nitrogens is 2. The Labute approximate surface area is 333 Å². The predicted octanol–water partition coefficient (Wildman–Crippen LogP) is 7.05. The molecule has 4 aromatic rings. The van der Waals surface area contributed by atoms with Crippen molar-refractivity contribution < 1.29 is 28.7 Å². The second-order valence-corrected chi connectivity index (χ2v) is 15.8. The van der Waals surface area contributed by atoms with Gasteiger partial charge in [-0.25, -0.2) is 19.6 Å². The van der Waals surface area contributed by atoms with E-state index in [9.17, 15) is 19.2 Å². The Hall–Kier alpha value is -5.66. The van der Waals surface area contributed by atoms with Crippen molar-refractivity contribution in [2.45, 2.75) is 101 Å². The first-order chi connectivity index (χ1) is 27.6. The molecule has 4 atom stereocenters. The number of imidazole rings is 2. The average Bonchev–Trinajstić information content (AvgIpc) is 4.09. The Morgan fingerprint density at radius 3 is 1.98 bits per heavy atom. The molecule has 14 nitrogen and oxygen atoms in total. The van der Waals surface area contributed by atoms with E-state index >= 15 is 0 Å². The predicted molar refractivity (Wildman–Crippen MR) is 213 cm³/mol. The van der Waals surface area contributed by atoms with Gasteiger partial charge in [0.05, 0.1) is 38.2 Å². The van der Waals surface area contributed by atoms with E-state index in [0.29, 0.717) is 30.5 Å². The SMILES string of the molecule is COC(=O)N[C@H](C(=O)N1CCC[C@@H]1c1ncc(C2CCC(c3ccc(-c4ncc([C@H]5CCCN5C(=O)[C@H](NC(=O)OC)c5ccccc5)[nH]4)cc3)CC2)[nH]1)C(C)C. The van der Waals surface area contributed by atoms with E-state index in [0.717, 1.165) is 80.0 Å². The lowest BCUT2D eigenvalue weighted by atomic mass is 9.77. The number of aromatic nitrogens is 4. The van der Waals surface area contributed by atoms with Crippen molar-refractivity contribution in [2.75, 3.05) is 27.3 Å². The molecule has 4 amide bonds. The Balaban J connectivity index is 0.953. The van der Waals surface area contributed by atoms with Gasteiger partial charge >= 0.3 is 12.2 Å². The summed E-state index contributed by atoms with van der Waals surface area (Å²) >= 11 is 0. The fourth-order valence-corrected chi connectivity index (χ4v) is 8.85. The van der Waals surface area contributed by atoms with Gasteiger partial charge in [-0.3, -0.25) is 9.59 Å². The van der Waals surface area contributed by atoms with E-state index in [-0.39, 0.29) is 29.8 Å². The monoisotopic (exact) mass is 778 g/mol. The second kappa shape index (κ2) is 17.6. The maximum Gasteiger partial charge on any atom is 0.407 e. The van der Waals surface area contributed by atoms with Gasteiger partial charge < -0.3 is 39.9 Å². The van der Waals surface area contributed by atoms with E-state index in [1.165, 1.54) is 19.8 Å². The first kappa shape index (κ1) is 39.6.